The lowest BCUT2D eigenvalue weighted by Crippen LogP contribution is -2.10. The van der Waals surface area contributed by atoms with Gasteiger partial charge in [0.15, 0.2) is 0 Å². The molecule has 372 valence electrons. The van der Waals surface area contributed by atoms with E-state index >= 15 is 0 Å². The summed E-state index contributed by atoms with van der Waals surface area (Å²) in [5.74, 6) is 2.16. The van der Waals surface area contributed by atoms with Crippen molar-refractivity contribution >= 4 is 112 Å². The normalized spacial score (nSPS) is 11.4. The molecule has 1 aliphatic heterocycles. The first kappa shape index (κ1) is 53.8. The summed E-state index contributed by atoms with van der Waals surface area (Å²) in [6.07, 6.45) is 9.95. The van der Waals surface area contributed by atoms with Gasteiger partial charge in [0.25, 0.3) is 0 Å². The number of pyridine rings is 5. The van der Waals surface area contributed by atoms with Crippen LogP contribution in [0.3, 0.4) is 0 Å². The number of hydrogen-bond donors (Lipinski definition) is 4. The van der Waals surface area contributed by atoms with E-state index in [1.165, 1.54) is 6.20 Å². The number of aromatic hydroxyl groups is 3. The van der Waals surface area contributed by atoms with Crippen LogP contribution in [-0.4, -0.2) is 65.2 Å². The Bertz CT molecular complexity index is 3530. The number of hydrogen-bond acceptors (Lipinski definition) is 11. The van der Waals surface area contributed by atoms with Crippen LogP contribution in [0.25, 0.3) is 53.9 Å². The molecule has 1 aliphatic rings. The Balaban J connectivity index is 0.000000134. The molecule has 5 aromatic carbocycles. The van der Waals surface area contributed by atoms with Crippen LogP contribution in [0, 0.1) is 0 Å². The summed E-state index contributed by atoms with van der Waals surface area (Å²) in [5.41, 5.74) is 2.09. The van der Waals surface area contributed by atoms with Gasteiger partial charge in [0.2, 0.25) is 0 Å². The van der Waals surface area contributed by atoms with Gasteiger partial charge in [0.05, 0.1) is 36.1 Å². The average Bonchev–Trinajstić information content (AvgIpc) is 3.43. The van der Waals surface area contributed by atoms with E-state index in [9.17, 15) is 15.3 Å². The fourth-order valence-electron chi connectivity index (χ4n) is 7.74. The van der Waals surface area contributed by atoms with Crippen LogP contribution < -0.4 is 9.47 Å². The van der Waals surface area contributed by atoms with Crippen molar-refractivity contribution in [2.75, 3.05) is 19.8 Å². The summed E-state index contributed by atoms with van der Waals surface area (Å²) >= 11 is 30.0. The number of rotatable bonds is 8. The smallest absolute Gasteiger partial charge is 0.148 e. The monoisotopic (exact) mass is 1070 g/mol. The molecular formula is C57H48Cl5N5O6. The minimum absolute atomic E-state index is 0.0750. The highest BCUT2D eigenvalue weighted by Crippen LogP contribution is 2.37. The van der Waals surface area contributed by atoms with Gasteiger partial charge in [-0.15, -0.1) is 6.58 Å². The summed E-state index contributed by atoms with van der Waals surface area (Å²) in [7, 11) is 0. The van der Waals surface area contributed by atoms with Crippen molar-refractivity contribution in [3.05, 3.63) is 202 Å². The van der Waals surface area contributed by atoms with Gasteiger partial charge in [0.1, 0.15) is 61.1 Å². The quantitative estimate of drug-likeness (QED) is 0.0846. The average molecular weight is 1080 g/mol. The molecule has 10 aromatic rings. The maximum absolute atomic E-state index is 10.00. The fourth-order valence-corrected chi connectivity index (χ4v) is 8.97. The number of nitrogens with zero attached hydrogens (tertiary/aromatic N) is 5. The third kappa shape index (κ3) is 13.2. The van der Waals surface area contributed by atoms with E-state index in [2.05, 4.69) is 38.1 Å². The van der Waals surface area contributed by atoms with Crippen LogP contribution in [0.15, 0.2) is 159 Å². The zero-order chi connectivity index (χ0) is 51.9. The van der Waals surface area contributed by atoms with Gasteiger partial charge in [-0.25, -0.2) is 24.9 Å². The Hall–Kier alpha value is -6.96. The summed E-state index contributed by atoms with van der Waals surface area (Å²) < 4.78 is 11.2. The number of fused-ring (bicyclic) bond motifs is 7. The fraction of sp³-hybridized carbons (Fsp3) is 0.140. The van der Waals surface area contributed by atoms with Gasteiger partial charge in [-0.3, -0.25) is 0 Å². The molecule has 73 heavy (non-hydrogen) atoms. The molecular weight excluding hydrogens is 1030 g/mol. The lowest BCUT2D eigenvalue weighted by molar-refractivity contribution is 0.287. The van der Waals surface area contributed by atoms with Crippen LogP contribution in [0.5, 0.6) is 28.7 Å². The van der Waals surface area contributed by atoms with Gasteiger partial charge in [-0.2, -0.15) is 0 Å². The largest absolute Gasteiger partial charge is 0.506 e. The van der Waals surface area contributed by atoms with Crippen LogP contribution in [0.1, 0.15) is 29.9 Å². The third-order valence-electron chi connectivity index (χ3n) is 11.2. The van der Waals surface area contributed by atoms with Crippen molar-refractivity contribution in [3.8, 4) is 28.7 Å². The molecule has 0 saturated carbocycles. The second-order valence-corrected chi connectivity index (χ2v) is 17.8. The van der Waals surface area contributed by atoms with Crippen molar-refractivity contribution < 1.29 is 29.9 Å². The molecule has 0 radical (unpaired) electrons. The minimum atomic E-state index is 0.0750. The van der Waals surface area contributed by atoms with Gasteiger partial charge in [-0.05, 0) is 25.7 Å². The van der Waals surface area contributed by atoms with E-state index in [-0.39, 0.29) is 23.9 Å². The molecule has 16 heteroatoms. The highest BCUT2D eigenvalue weighted by molar-refractivity contribution is 6.36. The van der Waals surface area contributed by atoms with Crippen molar-refractivity contribution in [2.45, 2.75) is 32.1 Å². The Morgan fingerprint density at radius 2 is 0.986 bits per heavy atom. The number of aryl methyl sites for hydroxylation is 2. The summed E-state index contributed by atoms with van der Waals surface area (Å²) in [6, 6.07) is 37.7. The van der Waals surface area contributed by atoms with Gasteiger partial charge >= 0.3 is 0 Å². The molecule has 6 heterocycles. The number of aliphatic hydroxyl groups is 1. The number of allylic oxidation sites excluding steroid dienone is 1. The molecule has 11 rings (SSSR count). The summed E-state index contributed by atoms with van der Waals surface area (Å²) in [5, 5.41) is 48.8. The lowest BCUT2D eigenvalue weighted by Gasteiger charge is -2.18. The van der Waals surface area contributed by atoms with Gasteiger partial charge in [0, 0.05) is 66.9 Å². The minimum Gasteiger partial charge on any atom is -0.506 e. The number of ether oxygens (including phenoxy) is 2. The van der Waals surface area contributed by atoms with Gasteiger partial charge in [-0.1, -0.05) is 198 Å². The number of aliphatic hydroxyl groups excluding tert-OH is 1. The first-order valence-electron chi connectivity index (χ1n) is 22.9. The topological polar surface area (TPSA) is 164 Å². The maximum Gasteiger partial charge on any atom is 0.148 e. The standard InChI is InChI=1S/C12H12ClNO2.3C12H10ClNO.C9H6ClNO/c13-12-9-5-2-1-4-8(9)11(16)10(14-12)6-3-7-15;13-12-9-5-2-1-4-8(9)11-10(14-12)6-3-7-15-11;1-2-7-15-11-8-14-12(13)10-6-4-3-5-9(10)11;1-2-5-10-11(15)8-6-3-4-7-9(8)12(13)14-10;10-9-7-4-2-1-3-6(7)8(12)5-11-9/h1-2,4-5,15-16H,3,6-7H2;1-2,4-5H,3,6-7H2;2-6,8H,1,7H2;2-4,6-7,15H,1,5H2;1-5,12H. The molecule has 5 aromatic heterocycles. The van der Waals surface area contributed by atoms with Crippen LogP contribution in [0.2, 0.25) is 25.8 Å². The first-order valence-corrected chi connectivity index (χ1v) is 24.8. The van der Waals surface area contributed by atoms with Crippen molar-refractivity contribution in [1.29, 1.82) is 0 Å². The van der Waals surface area contributed by atoms with Gasteiger partial charge < -0.3 is 29.9 Å². The Kier molecular flexibility index (Phi) is 19.3. The molecule has 0 fully saturated rings. The second-order valence-electron chi connectivity index (χ2n) is 16.0. The van der Waals surface area contributed by atoms with E-state index in [0.29, 0.717) is 68.4 Å². The van der Waals surface area contributed by atoms with Crippen molar-refractivity contribution in [1.82, 2.24) is 24.9 Å². The number of aromatic nitrogens is 5. The molecule has 0 amide bonds. The molecule has 4 N–H and O–H groups in total. The molecule has 0 aliphatic carbocycles. The van der Waals surface area contributed by atoms with Crippen molar-refractivity contribution in [2.24, 2.45) is 0 Å². The zero-order valence-electron chi connectivity index (χ0n) is 39.2. The molecule has 11 nitrogen and oxygen atoms in total. The zero-order valence-corrected chi connectivity index (χ0v) is 42.9. The lowest BCUT2D eigenvalue weighted by atomic mass is 10.1. The van der Waals surface area contributed by atoms with E-state index in [1.807, 2.05) is 109 Å². The maximum atomic E-state index is 10.00. The van der Waals surface area contributed by atoms with E-state index < -0.39 is 0 Å². The highest BCUT2D eigenvalue weighted by Gasteiger charge is 2.17. The van der Waals surface area contributed by atoms with Crippen LogP contribution in [0.4, 0.5) is 0 Å². The highest BCUT2D eigenvalue weighted by atomic mass is 35.5. The first-order chi connectivity index (χ1) is 35.4. The van der Waals surface area contributed by atoms with E-state index in [0.717, 1.165) is 85.1 Å². The molecule has 0 atom stereocenters. The Morgan fingerprint density at radius 3 is 1.53 bits per heavy atom. The number of benzene rings is 5. The Morgan fingerprint density at radius 1 is 0.534 bits per heavy atom. The second kappa shape index (κ2) is 26.1. The summed E-state index contributed by atoms with van der Waals surface area (Å²) in [4.78, 5) is 20.5. The third-order valence-corrected chi connectivity index (χ3v) is 12.7. The van der Waals surface area contributed by atoms with Crippen molar-refractivity contribution in [3.63, 3.8) is 0 Å². The Labute approximate surface area is 446 Å². The predicted octanol–water partition coefficient (Wildman–Crippen LogP) is 15.1. The van der Waals surface area contributed by atoms with Crippen LogP contribution in [-0.2, 0) is 19.3 Å². The summed E-state index contributed by atoms with van der Waals surface area (Å²) in [6.45, 7) is 8.53. The van der Waals surface area contributed by atoms with Crippen LogP contribution >= 0.6 is 58.0 Å². The predicted molar refractivity (Wildman–Crippen MR) is 298 cm³/mol. The SMILES string of the molecule is C=CCOc1cnc(Cl)c2ccccc12.C=CCc1nc(Cl)c2ccccc2c1O.Clc1nc2c(c3ccccc13)OCCC2.OCCCc1nc(Cl)c2ccccc2c1O.Oc1cnc(Cl)c2ccccc12. The van der Waals surface area contributed by atoms with E-state index in [4.69, 9.17) is 72.6 Å². The molecule has 0 spiro atoms. The van der Waals surface area contributed by atoms with E-state index in [1.54, 1.807) is 30.5 Å². The molecule has 0 saturated heterocycles. The molecule has 0 unspecified atom stereocenters. The number of halogens is 5. The molecule has 0 bridgehead atoms.